The molecule has 0 aliphatic heterocycles. The van der Waals surface area contributed by atoms with Crippen molar-refractivity contribution in [3.8, 4) is 0 Å². The van der Waals surface area contributed by atoms with Gasteiger partial charge in [0, 0.05) is 16.6 Å². The molecular weight excluding hydrogens is 273 g/mol. The molecule has 0 aliphatic carbocycles. The van der Waals surface area contributed by atoms with Crippen molar-refractivity contribution in [2.24, 2.45) is 5.92 Å². The number of carbonyl (C=O) groups is 1. The SMILES string of the molecule is CC(CN(C)C)C(=O)O.Cc1c(Cl)cccc1Cl. The van der Waals surface area contributed by atoms with Crippen molar-refractivity contribution >= 4 is 29.2 Å². The quantitative estimate of drug-likeness (QED) is 0.926. The van der Waals surface area contributed by atoms with Gasteiger partial charge in [0.15, 0.2) is 0 Å². The molecule has 0 aromatic heterocycles. The van der Waals surface area contributed by atoms with Gasteiger partial charge in [-0.15, -0.1) is 0 Å². The summed E-state index contributed by atoms with van der Waals surface area (Å²) in [4.78, 5) is 12.1. The number of nitrogens with zero attached hydrogens (tertiary/aromatic N) is 1. The molecule has 0 heterocycles. The standard InChI is InChI=1S/C7H6Cl2.C6H13NO2/c1-5-6(8)3-2-4-7(5)9;1-5(6(8)9)4-7(2)3/h2-4H,1H3;5H,4H2,1-3H3,(H,8,9). The van der Waals surface area contributed by atoms with Crippen molar-refractivity contribution in [3.63, 3.8) is 0 Å². The Balaban J connectivity index is 0.000000321. The highest BCUT2D eigenvalue weighted by molar-refractivity contribution is 6.35. The lowest BCUT2D eigenvalue weighted by Gasteiger charge is -2.11. The molecule has 0 saturated heterocycles. The molecule has 0 fully saturated rings. The fourth-order valence-electron chi connectivity index (χ4n) is 1.21. The minimum atomic E-state index is -0.733. The maximum Gasteiger partial charge on any atom is 0.307 e. The number of hydrogen-bond acceptors (Lipinski definition) is 2. The van der Waals surface area contributed by atoms with E-state index < -0.39 is 5.97 Å². The van der Waals surface area contributed by atoms with Crippen LogP contribution in [-0.2, 0) is 4.79 Å². The van der Waals surface area contributed by atoms with E-state index in [1.165, 1.54) is 0 Å². The summed E-state index contributed by atoms with van der Waals surface area (Å²) < 4.78 is 0. The van der Waals surface area contributed by atoms with Crippen LogP contribution in [0.3, 0.4) is 0 Å². The Morgan fingerprint density at radius 1 is 1.33 bits per heavy atom. The number of halogens is 2. The van der Waals surface area contributed by atoms with Crippen LogP contribution in [0.4, 0.5) is 0 Å². The van der Waals surface area contributed by atoms with Crippen molar-refractivity contribution in [3.05, 3.63) is 33.8 Å². The van der Waals surface area contributed by atoms with Gasteiger partial charge in [-0.1, -0.05) is 36.2 Å². The maximum absolute atomic E-state index is 10.2. The number of rotatable bonds is 3. The van der Waals surface area contributed by atoms with Crippen molar-refractivity contribution < 1.29 is 9.90 Å². The molecule has 102 valence electrons. The van der Waals surface area contributed by atoms with E-state index in [1.54, 1.807) is 6.92 Å². The van der Waals surface area contributed by atoms with E-state index in [4.69, 9.17) is 28.3 Å². The molecule has 18 heavy (non-hydrogen) atoms. The van der Waals surface area contributed by atoms with Crippen molar-refractivity contribution in [2.75, 3.05) is 20.6 Å². The van der Waals surface area contributed by atoms with Crippen LogP contribution in [0.25, 0.3) is 0 Å². The van der Waals surface area contributed by atoms with Crippen LogP contribution in [0.2, 0.25) is 10.0 Å². The average Bonchev–Trinajstić information content (AvgIpc) is 2.25. The average molecular weight is 292 g/mol. The number of aliphatic carboxylic acids is 1. The third kappa shape index (κ3) is 6.84. The van der Waals surface area contributed by atoms with Gasteiger partial charge < -0.3 is 10.0 Å². The first-order valence-electron chi connectivity index (χ1n) is 5.53. The lowest BCUT2D eigenvalue weighted by atomic mass is 10.2. The Bertz CT molecular complexity index is 374. The largest absolute Gasteiger partial charge is 0.481 e. The zero-order valence-electron chi connectivity index (χ0n) is 11.1. The maximum atomic E-state index is 10.2. The summed E-state index contributed by atoms with van der Waals surface area (Å²) in [6.45, 7) is 4.20. The Hall–Kier alpha value is -0.770. The van der Waals surface area contributed by atoms with E-state index in [-0.39, 0.29) is 5.92 Å². The predicted molar refractivity (Wildman–Crippen MR) is 76.6 cm³/mol. The van der Waals surface area contributed by atoms with Crippen LogP contribution in [0.15, 0.2) is 18.2 Å². The summed E-state index contributed by atoms with van der Waals surface area (Å²) >= 11 is 11.5. The molecule has 0 aliphatic rings. The van der Waals surface area contributed by atoms with E-state index in [0.717, 1.165) is 15.6 Å². The molecule has 0 saturated carbocycles. The number of carboxylic acid groups (broad SMARTS) is 1. The Kier molecular flexibility index (Phi) is 8.00. The summed E-state index contributed by atoms with van der Waals surface area (Å²) in [5.74, 6) is -0.997. The Morgan fingerprint density at radius 2 is 1.78 bits per heavy atom. The summed E-state index contributed by atoms with van der Waals surface area (Å²) in [5.41, 5.74) is 0.945. The third-order valence-corrected chi connectivity index (χ3v) is 3.08. The van der Waals surface area contributed by atoms with Gasteiger partial charge >= 0.3 is 5.97 Å². The van der Waals surface area contributed by atoms with Crippen molar-refractivity contribution in [1.29, 1.82) is 0 Å². The molecule has 5 heteroatoms. The van der Waals surface area contributed by atoms with Crippen LogP contribution in [0.1, 0.15) is 12.5 Å². The van der Waals surface area contributed by atoms with Crippen molar-refractivity contribution in [1.82, 2.24) is 4.90 Å². The zero-order valence-corrected chi connectivity index (χ0v) is 12.6. The van der Waals surface area contributed by atoms with E-state index >= 15 is 0 Å². The smallest absolute Gasteiger partial charge is 0.307 e. The van der Waals surface area contributed by atoms with Crippen LogP contribution >= 0.6 is 23.2 Å². The number of hydrogen-bond donors (Lipinski definition) is 1. The first kappa shape index (κ1) is 17.2. The third-order valence-electron chi connectivity index (χ3n) is 2.26. The van der Waals surface area contributed by atoms with Gasteiger partial charge in [-0.3, -0.25) is 4.79 Å². The number of carboxylic acids is 1. The lowest BCUT2D eigenvalue weighted by Crippen LogP contribution is -2.25. The molecule has 0 amide bonds. The summed E-state index contributed by atoms with van der Waals surface area (Å²) in [6.07, 6.45) is 0. The fraction of sp³-hybridized carbons (Fsp3) is 0.462. The van der Waals surface area contributed by atoms with Crippen LogP contribution in [0.5, 0.6) is 0 Å². The molecule has 1 N–H and O–H groups in total. The predicted octanol–water partition coefficient (Wildman–Crippen LogP) is 3.57. The highest BCUT2D eigenvalue weighted by Gasteiger charge is 2.10. The van der Waals surface area contributed by atoms with E-state index in [0.29, 0.717) is 6.54 Å². The second-order valence-electron chi connectivity index (χ2n) is 4.35. The van der Waals surface area contributed by atoms with Gasteiger partial charge in [-0.2, -0.15) is 0 Å². The molecule has 1 atom stereocenters. The topological polar surface area (TPSA) is 40.5 Å². The first-order chi connectivity index (χ1) is 8.25. The minimum absolute atomic E-state index is 0.264. The van der Waals surface area contributed by atoms with Gasteiger partial charge in [0.05, 0.1) is 5.92 Å². The molecule has 1 rings (SSSR count). The van der Waals surface area contributed by atoms with E-state index in [2.05, 4.69) is 0 Å². The fourth-order valence-corrected chi connectivity index (χ4v) is 1.60. The molecule has 0 radical (unpaired) electrons. The molecule has 1 aromatic rings. The summed E-state index contributed by atoms with van der Waals surface area (Å²) in [5, 5.41) is 9.85. The monoisotopic (exact) mass is 291 g/mol. The second-order valence-corrected chi connectivity index (χ2v) is 5.16. The highest BCUT2D eigenvalue weighted by Crippen LogP contribution is 2.22. The van der Waals surface area contributed by atoms with Gasteiger partial charge in [0.2, 0.25) is 0 Å². The molecule has 0 bridgehead atoms. The first-order valence-corrected chi connectivity index (χ1v) is 6.29. The van der Waals surface area contributed by atoms with Crippen molar-refractivity contribution in [2.45, 2.75) is 13.8 Å². The van der Waals surface area contributed by atoms with Gasteiger partial charge in [0.25, 0.3) is 0 Å². The lowest BCUT2D eigenvalue weighted by molar-refractivity contribution is -0.141. The Morgan fingerprint density at radius 3 is 2.00 bits per heavy atom. The normalized spacial score (nSPS) is 11.7. The molecule has 1 unspecified atom stereocenters. The van der Waals surface area contributed by atoms with Gasteiger partial charge in [0.1, 0.15) is 0 Å². The summed E-state index contributed by atoms with van der Waals surface area (Å²) in [7, 11) is 3.72. The zero-order chi connectivity index (χ0) is 14.3. The Labute approximate surface area is 118 Å². The van der Waals surface area contributed by atoms with Gasteiger partial charge in [-0.05, 0) is 38.7 Å². The molecular formula is C13H19Cl2NO2. The second kappa shape index (κ2) is 8.35. The van der Waals surface area contributed by atoms with Crippen LogP contribution in [0, 0.1) is 12.8 Å². The van der Waals surface area contributed by atoms with Crippen LogP contribution in [-0.4, -0.2) is 36.6 Å². The summed E-state index contributed by atoms with van der Waals surface area (Å²) in [6, 6.07) is 5.48. The minimum Gasteiger partial charge on any atom is -0.481 e. The molecule has 0 spiro atoms. The van der Waals surface area contributed by atoms with E-state index in [1.807, 2.05) is 44.1 Å². The molecule has 3 nitrogen and oxygen atoms in total. The van der Waals surface area contributed by atoms with Crippen LogP contribution < -0.4 is 0 Å². The highest BCUT2D eigenvalue weighted by atomic mass is 35.5. The van der Waals surface area contributed by atoms with Gasteiger partial charge in [-0.25, -0.2) is 0 Å². The van der Waals surface area contributed by atoms with E-state index in [9.17, 15) is 4.79 Å². The number of benzene rings is 1. The molecule has 1 aromatic carbocycles.